The van der Waals surface area contributed by atoms with E-state index in [1.807, 2.05) is 32.0 Å². The van der Waals surface area contributed by atoms with E-state index in [4.69, 9.17) is 0 Å². The topological polar surface area (TPSA) is 20.2 Å². The van der Waals surface area contributed by atoms with Gasteiger partial charge < -0.3 is 5.11 Å². The first-order chi connectivity index (χ1) is 9.74. The number of hydrogen-bond acceptors (Lipinski definition) is 2. The molecule has 1 N–H and O–H groups in total. The molecular weight excluding hydrogens is 297 g/mol. The molecule has 0 aliphatic carbocycles. The lowest BCUT2D eigenvalue weighted by Crippen LogP contribution is -2.02. The minimum atomic E-state index is -4.30. The molecule has 1 atom stereocenters. The van der Waals surface area contributed by atoms with Gasteiger partial charge in [0.05, 0.1) is 0 Å². The van der Waals surface area contributed by atoms with Crippen LogP contribution in [-0.2, 0) is 0 Å². The van der Waals surface area contributed by atoms with Gasteiger partial charge in [0, 0.05) is 4.90 Å². The summed E-state index contributed by atoms with van der Waals surface area (Å²) in [5, 5.41) is 10.3. The number of benzene rings is 2. The number of aryl methyl sites for hydroxylation is 2. The van der Waals surface area contributed by atoms with Crippen LogP contribution in [0.4, 0.5) is 13.2 Å². The molecule has 0 aliphatic rings. The third-order valence-corrected chi connectivity index (χ3v) is 3.73. The van der Waals surface area contributed by atoms with Gasteiger partial charge in [-0.05, 0) is 48.9 Å². The van der Waals surface area contributed by atoms with E-state index in [9.17, 15) is 18.3 Å². The van der Waals surface area contributed by atoms with Crippen LogP contribution in [0.15, 0.2) is 47.4 Å². The molecular formula is C16H15F3OS. The predicted octanol–water partition coefficient (Wildman–Crippen LogP) is 5.00. The van der Waals surface area contributed by atoms with Crippen LogP contribution in [0.2, 0.25) is 0 Å². The first-order valence-electron chi connectivity index (χ1n) is 6.36. The largest absolute Gasteiger partial charge is 0.446 e. The average Bonchev–Trinajstić information content (AvgIpc) is 2.35. The Kier molecular flexibility index (Phi) is 4.64. The van der Waals surface area contributed by atoms with Crippen LogP contribution in [0.5, 0.6) is 0 Å². The number of thioether (sulfide) groups is 1. The fourth-order valence-electron chi connectivity index (χ4n) is 2.21. The van der Waals surface area contributed by atoms with E-state index in [-0.39, 0.29) is 16.7 Å². The van der Waals surface area contributed by atoms with Gasteiger partial charge in [-0.1, -0.05) is 41.5 Å². The molecule has 2 aromatic carbocycles. The van der Waals surface area contributed by atoms with Crippen LogP contribution in [-0.4, -0.2) is 10.6 Å². The SMILES string of the molecule is Cc1cc(C)cc(C(O)c2ccc(SC(F)(F)F)cc2)c1. The van der Waals surface area contributed by atoms with Crippen LogP contribution in [0.1, 0.15) is 28.4 Å². The van der Waals surface area contributed by atoms with Crippen molar-refractivity contribution >= 4 is 11.8 Å². The van der Waals surface area contributed by atoms with Crippen molar-refractivity contribution in [1.82, 2.24) is 0 Å². The lowest BCUT2D eigenvalue weighted by atomic mass is 9.98. The quantitative estimate of drug-likeness (QED) is 0.805. The molecule has 0 fully saturated rings. The first-order valence-corrected chi connectivity index (χ1v) is 7.18. The van der Waals surface area contributed by atoms with Gasteiger partial charge in [-0.25, -0.2) is 0 Å². The lowest BCUT2D eigenvalue weighted by molar-refractivity contribution is -0.0328. The second kappa shape index (κ2) is 6.12. The van der Waals surface area contributed by atoms with Gasteiger partial charge in [-0.15, -0.1) is 0 Å². The number of aliphatic hydroxyl groups excluding tert-OH is 1. The summed E-state index contributed by atoms with van der Waals surface area (Å²) in [7, 11) is 0. The highest BCUT2D eigenvalue weighted by Crippen LogP contribution is 2.37. The molecule has 2 aromatic rings. The highest BCUT2D eigenvalue weighted by Gasteiger charge is 2.29. The molecule has 2 rings (SSSR count). The number of rotatable bonds is 3. The molecule has 0 spiro atoms. The maximum absolute atomic E-state index is 12.3. The summed E-state index contributed by atoms with van der Waals surface area (Å²) in [6.07, 6.45) is -0.839. The second-order valence-corrected chi connectivity index (χ2v) is 6.08. The van der Waals surface area contributed by atoms with Crippen LogP contribution < -0.4 is 0 Å². The Balaban J connectivity index is 2.21. The summed E-state index contributed by atoms with van der Waals surface area (Å²) in [6.45, 7) is 3.87. The van der Waals surface area contributed by atoms with Crippen molar-refractivity contribution < 1.29 is 18.3 Å². The van der Waals surface area contributed by atoms with Crippen LogP contribution >= 0.6 is 11.8 Å². The summed E-state index contributed by atoms with van der Waals surface area (Å²) < 4.78 is 36.8. The van der Waals surface area contributed by atoms with Gasteiger partial charge in [0.1, 0.15) is 6.10 Å². The fraction of sp³-hybridized carbons (Fsp3) is 0.250. The smallest absolute Gasteiger partial charge is 0.384 e. The zero-order chi connectivity index (χ0) is 15.6. The van der Waals surface area contributed by atoms with Crippen molar-refractivity contribution in [2.24, 2.45) is 0 Å². The maximum Gasteiger partial charge on any atom is 0.446 e. The molecule has 1 nitrogen and oxygen atoms in total. The number of hydrogen-bond donors (Lipinski definition) is 1. The molecule has 0 saturated carbocycles. The van der Waals surface area contributed by atoms with Gasteiger partial charge in [-0.2, -0.15) is 13.2 Å². The fourth-order valence-corrected chi connectivity index (χ4v) is 2.75. The van der Waals surface area contributed by atoms with Crippen molar-refractivity contribution in [1.29, 1.82) is 0 Å². The van der Waals surface area contributed by atoms with Gasteiger partial charge in [0.25, 0.3) is 0 Å². The van der Waals surface area contributed by atoms with Gasteiger partial charge >= 0.3 is 5.51 Å². The zero-order valence-corrected chi connectivity index (χ0v) is 12.4. The second-order valence-electron chi connectivity index (χ2n) is 4.94. The van der Waals surface area contributed by atoms with E-state index in [0.717, 1.165) is 16.7 Å². The minimum Gasteiger partial charge on any atom is -0.384 e. The molecule has 0 saturated heterocycles. The molecule has 0 aromatic heterocycles. The van der Waals surface area contributed by atoms with Crippen molar-refractivity contribution in [2.75, 3.05) is 0 Å². The summed E-state index contributed by atoms with van der Waals surface area (Å²) in [5.74, 6) is 0. The summed E-state index contributed by atoms with van der Waals surface area (Å²) in [5.41, 5.74) is -0.912. The Morgan fingerprint density at radius 3 is 1.90 bits per heavy atom. The molecule has 0 bridgehead atoms. The highest BCUT2D eigenvalue weighted by atomic mass is 32.2. The monoisotopic (exact) mass is 312 g/mol. The highest BCUT2D eigenvalue weighted by molar-refractivity contribution is 8.00. The molecule has 0 aliphatic heterocycles. The first kappa shape index (κ1) is 15.9. The van der Waals surface area contributed by atoms with Crippen LogP contribution in [0.3, 0.4) is 0 Å². The Morgan fingerprint density at radius 2 is 1.43 bits per heavy atom. The lowest BCUT2D eigenvalue weighted by Gasteiger charge is -2.14. The van der Waals surface area contributed by atoms with Gasteiger partial charge in [0.15, 0.2) is 0 Å². The third kappa shape index (κ3) is 4.51. The molecule has 5 heteroatoms. The minimum absolute atomic E-state index is 0.110. The van der Waals surface area contributed by atoms with E-state index >= 15 is 0 Å². The van der Waals surface area contributed by atoms with Crippen molar-refractivity contribution in [3.8, 4) is 0 Å². The number of halogens is 3. The van der Waals surface area contributed by atoms with E-state index in [1.165, 1.54) is 24.3 Å². The number of aliphatic hydroxyl groups is 1. The van der Waals surface area contributed by atoms with Gasteiger partial charge in [-0.3, -0.25) is 0 Å². The Bertz CT molecular complexity index is 600. The van der Waals surface area contributed by atoms with Gasteiger partial charge in [0.2, 0.25) is 0 Å². The van der Waals surface area contributed by atoms with Crippen LogP contribution in [0.25, 0.3) is 0 Å². The van der Waals surface area contributed by atoms with Crippen LogP contribution in [0, 0.1) is 13.8 Å². The van der Waals surface area contributed by atoms with E-state index in [1.54, 1.807) is 0 Å². The molecule has 0 radical (unpaired) electrons. The Hall–Kier alpha value is -1.46. The summed E-state index contributed by atoms with van der Waals surface area (Å²) in [4.78, 5) is 0.110. The van der Waals surface area contributed by atoms with E-state index in [0.29, 0.717) is 5.56 Å². The molecule has 1 unspecified atom stereocenters. The van der Waals surface area contributed by atoms with Crippen molar-refractivity contribution in [2.45, 2.75) is 30.4 Å². The summed E-state index contributed by atoms with van der Waals surface area (Å²) >= 11 is -0.160. The maximum atomic E-state index is 12.3. The molecule has 21 heavy (non-hydrogen) atoms. The zero-order valence-electron chi connectivity index (χ0n) is 11.6. The van der Waals surface area contributed by atoms with E-state index < -0.39 is 11.6 Å². The molecule has 0 heterocycles. The molecule has 112 valence electrons. The van der Waals surface area contributed by atoms with E-state index in [2.05, 4.69) is 0 Å². The third-order valence-electron chi connectivity index (χ3n) is 2.99. The normalized spacial score (nSPS) is 13.2. The average molecular weight is 312 g/mol. The standard InChI is InChI=1S/C16H15F3OS/c1-10-7-11(2)9-13(8-10)15(20)12-3-5-14(6-4-12)21-16(17,18)19/h3-9,15,20H,1-2H3. The Labute approximate surface area is 125 Å². The van der Waals surface area contributed by atoms with Crippen molar-refractivity contribution in [3.05, 3.63) is 64.7 Å². The Morgan fingerprint density at radius 1 is 0.905 bits per heavy atom. The predicted molar refractivity (Wildman–Crippen MR) is 78.3 cm³/mol. The van der Waals surface area contributed by atoms with Crippen molar-refractivity contribution in [3.63, 3.8) is 0 Å². The molecule has 0 amide bonds. The number of alkyl halides is 3. The summed E-state index contributed by atoms with van der Waals surface area (Å²) in [6, 6.07) is 11.5.